The van der Waals surface area contributed by atoms with Crippen molar-refractivity contribution in [1.82, 2.24) is 5.01 Å². The molecule has 1 heterocycles. The van der Waals surface area contributed by atoms with Crippen molar-refractivity contribution in [1.29, 1.82) is 0 Å². The molecule has 2 heteroatoms. The molecule has 15 heavy (non-hydrogen) atoms. The van der Waals surface area contributed by atoms with Crippen LogP contribution < -0.4 is 0 Å². The molecule has 0 fully saturated rings. The van der Waals surface area contributed by atoms with Crippen LogP contribution in [0.2, 0.25) is 0 Å². The maximum absolute atomic E-state index is 4.45. The van der Waals surface area contributed by atoms with Crippen molar-refractivity contribution in [2.75, 3.05) is 7.05 Å². The van der Waals surface area contributed by atoms with Crippen molar-refractivity contribution in [2.45, 2.75) is 52.5 Å². The second-order valence-electron chi connectivity index (χ2n) is 4.65. The molecule has 86 valence electrons. The predicted octanol–water partition coefficient (Wildman–Crippen LogP) is 3.45. The molecule has 0 radical (unpaired) electrons. The lowest BCUT2D eigenvalue weighted by Crippen LogP contribution is -2.39. The zero-order chi connectivity index (χ0) is 11.3. The Hall–Kier alpha value is -0.790. The van der Waals surface area contributed by atoms with E-state index in [1.165, 1.54) is 6.42 Å². The minimum atomic E-state index is 0.274. The van der Waals surface area contributed by atoms with E-state index in [0.717, 1.165) is 19.3 Å². The maximum Gasteiger partial charge on any atom is 0.0552 e. The van der Waals surface area contributed by atoms with E-state index in [9.17, 15) is 0 Å². The summed E-state index contributed by atoms with van der Waals surface area (Å²) in [6, 6.07) is 0.527. The summed E-state index contributed by atoms with van der Waals surface area (Å²) >= 11 is 0. The maximum atomic E-state index is 4.45. The van der Waals surface area contributed by atoms with Crippen molar-refractivity contribution in [3.63, 3.8) is 0 Å². The molecule has 0 aromatic heterocycles. The van der Waals surface area contributed by atoms with Crippen molar-refractivity contribution in [3.8, 4) is 0 Å². The van der Waals surface area contributed by atoms with Gasteiger partial charge in [-0.15, -0.1) is 0 Å². The molecule has 0 spiro atoms. The third-order valence-electron chi connectivity index (χ3n) is 3.41. The standard InChI is InChI=1S/C13H24N2/c1-5-7-9-13(3)10-8-11-14-15(4)12(13)6-2/h7,9,11-12H,5-6,8,10H2,1-4H3/b9-7-/t12-,13-/m0/s1. The van der Waals surface area contributed by atoms with Gasteiger partial charge in [-0.3, -0.25) is 5.01 Å². The van der Waals surface area contributed by atoms with Crippen LogP contribution >= 0.6 is 0 Å². The van der Waals surface area contributed by atoms with Gasteiger partial charge in [0.2, 0.25) is 0 Å². The molecule has 0 aromatic carbocycles. The Labute approximate surface area is 94.0 Å². The smallest absolute Gasteiger partial charge is 0.0552 e. The Balaban J connectivity index is 2.88. The molecule has 0 unspecified atom stereocenters. The topological polar surface area (TPSA) is 15.6 Å². The lowest BCUT2D eigenvalue weighted by atomic mass is 9.76. The molecule has 0 amide bonds. The van der Waals surface area contributed by atoms with Crippen LogP contribution in [0.15, 0.2) is 17.3 Å². The summed E-state index contributed by atoms with van der Waals surface area (Å²) in [6.45, 7) is 6.80. The molecule has 0 saturated carbocycles. The van der Waals surface area contributed by atoms with Crippen molar-refractivity contribution in [3.05, 3.63) is 12.2 Å². The van der Waals surface area contributed by atoms with Crippen molar-refractivity contribution >= 4 is 6.21 Å². The molecule has 2 nitrogen and oxygen atoms in total. The SMILES string of the molecule is CC/C=C\[C@@]1(C)CCC=NN(C)[C@H]1CC. The summed E-state index contributed by atoms with van der Waals surface area (Å²) in [7, 11) is 2.09. The third kappa shape index (κ3) is 2.83. The summed E-state index contributed by atoms with van der Waals surface area (Å²) in [6.07, 6.45) is 11.3. The lowest BCUT2D eigenvalue weighted by molar-refractivity contribution is 0.135. The summed E-state index contributed by atoms with van der Waals surface area (Å²) in [4.78, 5) is 0. The number of nitrogens with zero attached hydrogens (tertiary/aromatic N) is 2. The van der Waals surface area contributed by atoms with Crippen molar-refractivity contribution < 1.29 is 0 Å². The Bertz CT molecular complexity index is 245. The number of hydrazone groups is 1. The summed E-state index contributed by atoms with van der Waals surface area (Å²) in [5, 5.41) is 6.59. The van der Waals surface area contributed by atoms with Crippen LogP contribution in [0.3, 0.4) is 0 Å². The summed E-state index contributed by atoms with van der Waals surface area (Å²) in [5.74, 6) is 0. The molecular formula is C13H24N2. The van der Waals surface area contributed by atoms with Crippen LogP contribution in [0.5, 0.6) is 0 Å². The molecule has 0 saturated heterocycles. The fourth-order valence-corrected chi connectivity index (χ4v) is 2.55. The molecule has 1 aliphatic heterocycles. The summed E-state index contributed by atoms with van der Waals surface area (Å²) < 4.78 is 0. The van der Waals surface area contributed by atoms with Gasteiger partial charge in [0.05, 0.1) is 6.04 Å². The Morgan fingerprint density at radius 3 is 2.87 bits per heavy atom. The van der Waals surface area contributed by atoms with Crippen molar-refractivity contribution in [2.24, 2.45) is 10.5 Å². The minimum Gasteiger partial charge on any atom is -0.297 e. The summed E-state index contributed by atoms with van der Waals surface area (Å²) in [5.41, 5.74) is 0.274. The molecule has 0 N–H and O–H groups in total. The first-order valence-corrected chi connectivity index (χ1v) is 6.07. The second kappa shape index (κ2) is 5.34. The molecular weight excluding hydrogens is 184 g/mol. The van der Waals surface area contributed by atoms with Crippen LogP contribution in [-0.2, 0) is 0 Å². The van der Waals surface area contributed by atoms with E-state index >= 15 is 0 Å². The number of allylic oxidation sites excluding steroid dienone is 1. The van der Waals surface area contributed by atoms with E-state index in [4.69, 9.17) is 0 Å². The van der Waals surface area contributed by atoms with Crippen LogP contribution in [0, 0.1) is 5.41 Å². The van der Waals surface area contributed by atoms with E-state index < -0.39 is 0 Å². The van der Waals surface area contributed by atoms with Crippen LogP contribution in [0.25, 0.3) is 0 Å². The van der Waals surface area contributed by atoms with Crippen LogP contribution in [0.1, 0.15) is 46.5 Å². The fourth-order valence-electron chi connectivity index (χ4n) is 2.55. The number of hydrogen-bond donors (Lipinski definition) is 0. The highest BCUT2D eigenvalue weighted by molar-refractivity contribution is 5.57. The fraction of sp³-hybridized carbons (Fsp3) is 0.769. The Kier molecular flexibility index (Phi) is 4.37. The highest BCUT2D eigenvalue weighted by Crippen LogP contribution is 2.35. The highest BCUT2D eigenvalue weighted by atomic mass is 15.5. The first-order valence-electron chi connectivity index (χ1n) is 6.07. The van der Waals surface area contributed by atoms with E-state index in [2.05, 4.69) is 50.1 Å². The van der Waals surface area contributed by atoms with E-state index in [1.807, 2.05) is 6.21 Å². The van der Waals surface area contributed by atoms with Gasteiger partial charge in [-0.05, 0) is 25.7 Å². The van der Waals surface area contributed by atoms with Crippen LogP contribution in [-0.4, -0.2) is 24.3 Å². The number of hydrogen-bond acceptors (Lipinski definition) is 2. The normalized spacial score (nSPS) is 32.3. The van der Waals surface area contributed by atoms with Gasteiger partial charge >= 0.3 is 0 Å². The quantitative estimate of drug-likeness (QED) is 0.649. The van der Waals surface area contributed by atoms with Gasteiger partial charge in [-0.25, -0.2) is 0 Å². The monoisotopic (exact) mass is 208 g/mol. The predicted molar refractivity (Wildman–Crippen MR) is 67.1 cm³/mol. The largest absolute Gasteiger partial charge is 0.297 e. The zero-order valence-electron chi connectivity index (χ0n) is 10.5. The average Bonchev–Trinajstić information content (AvgIpc) is 2.35. The number of rotatable bonds is 3. The molecule has 0 aromatic rings. The van der Waals surface area contributed by atoms with Gasteiger partial charge in [-0.2, -0.15) is 5.10 Å². The highest BCUT2D eigenvalue weighted by Gasteiger charge is 2.33. The average molecular weight is 208 g/mol. The first kappa shape index (κ1) is 12.3. The van der Waals surface area contributed by atoms with Crippen LogP contribution in [0.4, 0.5) is 0 Å². The van der Waals surface area contributed by atoms with Gasteiger partial charge < -0.3 is 0 Å². The first-order chi connectivity index (χ1) is 7.14. The second-order valence-corrected chi connectivity index (χ2v) is 4.65. The van der Waals surface area contributed by atoms with Gasteiger partial charge in [0.15, 0.2) is 0 Å². The van der Waals surface area contributed by atoms with E-state index in [1.54, 1.807) is 0 Å². The van der Waals surface area contributed by atoms with E-state index in [-0.39, 0.29) is 5.41 Å². The molecule has 2 atom stereocenters. The van der Waals surface area contributed by atoms with Gasteiger partial charge in [-0.1, -0.05) is 32.9 Å². The van der Waals surface area contributed by atoms with Gasteiger partial charge in [0, 0.05) is 18.7 Å². The molecule has 0 aliphatic carbocycles. The van der Waals surface area contributed by atoms with Gasteiger partial charge in [0.25, 0.3) is 0 Å². The Morgan fingerprint density at radius 1 is 1.53 bits per heavy atom. The zero-order valence-corrected chi connectivity index (χ0v) is 10.5. The lowest BCUT2D eigenvalue weighted by Gasteiger charge is -2.37. The van der Waals surface area contributed by atoms with E-state index in [0.29, 0.717) is 6.04 Å². The molecule has 1 rings (SSSR count). The molecule has 0 bridgehead atoms. The molecule has 1 aliphatic rings. The Morgan fingerprint density at radius 2 is 2.27 bits per heavy atom. The van der Waals surface area contributed by atoms with Gasteiger partial charge in [0.1, 0.15) is 0 Å². The third-order valence-corrected chi connectivity index (χ3v) is 3.41. The minimum absolute atomic E-state index is 0.274.